The highest BCUT2D eigenvalue weighted by atomic mass is 16.4. The van der Waals surface area contributed by atoms with Crippen molar-refractivity contribution in [1.82, 2.24) is 20.8 Å². The van der Waals surface area contributed by atoms with Gasteiger partial charge in [-0.05, 0) is 25.0 Å². The number of urea groups is 1. The Morgan fingerprint density at radius 3 is 2.85 bits per heavy atom. The summed E-state index contributed by atoms with van der Waals surface area (Å²) in [6.45, 7) is 0.268. The summed E-state index contributed by atoms with van der Waals surface area (Å²) >= 11 is 0. The van der Waals surface area contributed by atoms with Gasteiger partial charge in [-0.3, -0.25) is 4.79 Å². The summed E-state index contributed by atoms with van der Waals surface area (Å²) in [5.41, 5.74) is 0.654. The minimum atomic E-state index is -0.844. The van der Waals surface area contributed by atoms with Crippen molar-refractivity contribution in [3.05, 3.63) is 24.0 Å². The molecule has 0 bridgehead atoms. The van der Waals surface area contributed by atoms with Gasteiger partial charge in [0.2, 0.25) is 0 Å². The number of carbonyl (C=O) groups excluding carboxylic acids is 1. The molecule has 1 fully saturated rings. The maximum absolute atomic E-state index is 11.8. The molecule has 1 aliphatic carbocycles. The van der Waals surface area contributed by atoms with Crippen molar-refractivity contribution in [2.75, 3.05) is 0 Å². The number of carbonyl (C=O) groups is 2. The first-order valence-electron chi connectivity index (χ1n) is 6.70. The van der Waals surface area contributed by atoms with Crippen LogP contribution in [0.15, 0.2) is 18.3 Å². The van der Waals surface area contributed by atoms with Crippen molar-refractivity contribution in [3.8, 4) is 0 Å². The van der Waals surface area contributed by atoms with Crippen LogP contribution in [0.1, 0.15) is 31.4 Å². The van der Waals surface area contributed by atoms with Gasteiger partial charge in [-0.25, -0.2) is 4.79 Å². The molecule has 2 unspecified atom stereocenters. The second kappa shape index (κ2) is 6.83. The average molecular weight is 278 g/mol. The van der Waals surface area contributed by atoms with Gasteiger partial charge in [-0.15, -0.1) is 0 Å². The first kappa shape index (κ1) is 14.2. The Morgan fingerprint density at radius 2 is 2.15 bits per heavy atom. The number of rotatable bonds is 4. The molecule has 3 N–H and O–H groups in total. The fourth-order valence-electron chi connectivity index (χ4n) is 2.42. The van der Waals surface area contributed by atoms with Crippen LogP contribution in [0, 0.1) is 5.92 Å². The third-order valence-electron chi connectivity index (χ3n) is 3.46. The molecule has 1 aromatic rings. The van der Waals surface area contributed by atoms with Crippen LogP contribution in [0.25, 0.3) is 0 Å². The van der Waals surface area contributed by atoms with E-state index < -0.39 is 11.9 Å². The zero-order chi connectivity index (χ0) is 14.4. The van der Waals surface area contributed by atoms with Gasteiger partial charge in [0.15, 0.2) is 0 Å². The molecule has 1 heterocycles. The Kier molecular flexibility index (Phi) is 4.86. The van der Waals surface area contributed by atoms with Crippen molar-refractivity contribution >= 4 is 12.0 Å². The van der Waals surface area contributed by atoms with E-state index >= 15 is 0 Å². The largest absolute Gasteiger partial charge is 0.481 e. The Morgan fingerprint density at radius 1 is 1.35 bits per heavy atom. The molecule has 0 saturated heterocycles. The van der Waals surface area contributed by atoms with Gasteiger partial charge < -0.3 is 15.7 Å². The molecule has 0 aliphatic heterocycles. The summed E-state index contributed by atoms with van der Waals surface area (Å²) in [5, 5.41) is 22.1. The summed E-state index contributed by atoms with van der Waals surface area (Å²) in [6, 6.07) is 2.83. The molecule has 2 rings (SSSR count). The topological polar surface area (TPSA) is 104 Å². The minimum absolute atomic E-state index is 0.268. The first-order chi connectivity index (χ1) is 9.66. The quantitative estimate of drug-likeness (QED) is 0.759. The molecule has 7 heteroatoms. The van der Waals surface area contributed by atoms with Crippen LogP contribution >= 0.6 is 0 Å². The van der Waals surface area contributed by atoms with E-state index in [1.165, 1.54) is 0 Å². The smallest absolute Gasteiger partial charge is 0.315 e. The number of hydrogen-bond acceptors (Lipinski definition) is 4. The van der Waals surface area contributed by atoms with Crippen LogP contribution in [0.4, 0.5) is 4.79 Å². The number of aliphatic carboxylic acids is 1. The van der Waals surface area contributed by atoms with Crippen molar-refractivity contribution in [2.24, 2.45) is 5.92 Å². The molecule has 1 aliphatic rings. The van der Waals surface area contributed by atoms with Crippen molar-refractivity contribution in [3.63, 3.8) is 0 Å². The van der Waals surface area contributed by atoms with Crippen molar-refractivity contribution in [1.29, 1.82) is 0 Å². The second-order valence-corrected chi connectivity index (χ2v) is 4.88. The minimum Gasteiger partial charge on any atom is -0.481 e. The lowest BCUT2D eigenvalue weighted by atomic mass is 9.84. The zero-order valence-corrected chi connectivity index (χ0v) is 11.1. The molecule has 1 saturated carbocycles. The Labute approximate surface area is 116 Å². The predicted octanol–water partition coefficient (Wildman–Crippen LogP) is 0.919. The molecule has 7 nitrogen and oxygen atoms in total. The molecular weight excluding hydrogens is 260 g/mol. The summed E-state index contributed by atoms with van der Waals surface area (Å²) in [6.07, 6.45) is 4.72. The third kappa shape index (κ3) is 3.91. The van der Waals surface area contributed by atoms with Gasteiger partial charge in [-0.1, -0.05) is 12.8 Å². The van der Waals surface area contributed by atoms with Crippen LogP contribution in [0.2, 0.25) is 0 Å². The van der Waals surface area contributed by atoms with Crippen LogP contribution in [0.3, 0.4) is 0 Å². The van der Waals surface area contributed by atoms with E-state index in [9.17, 15) is 9.59 Å². The van der Waals surface area contributed by atoms with Gasteiger partial charge in [0.25, 0.3) is 0 Å². The fraction of sp³-hybridized carbons (Fsp3) is 0.538. The lowest BCUT2D eigenvalue weighted by Crippen LogP contribution is -2.48. The number of nitrogens with one attached hydrogen (secondary N) is 2. The van der Waals surface area contributed by atoms with E-state index in [0.29, 0.717) is 18.5 Å². The number of hydrogen-bond donors (Lipinski definition) is 3. The van der Waals surface area contributed by atoms with E-state index in [0.717, 1.165) is 12.8 Å². The Hall–Kier alpha value is -2.18. The summed E-state index contributed by atoms with van der Waals surface area (Å²) in [7, 11) is 0. The van der Waals surface area contributed by atoms with Crippen molar-refractivity contribution in [2.45, 2.75) is 38.3 Å². The van der Waals surface area contributed by atoms with E-state index in [1.807, 2.05) is 0 Å². The van der Waals surface area contributed by atoms with Gasteiger partial charge in [0.05, 0.1) is 18.2 Å². The Bertz CT molecular complexity index is 466. The molecular formula is C13H18N4O3. The Balaban J connectivity index is 1.82. The summed E-state index contributed by atoms with van der Waals surface area (Å²) in [5.74, 6) is -1.34. The SMILES string of the molecule is O=C(NCc1cccnn1)NC1CCCCC1C(=O)O. The maximum atomic E-state index is 11.8. The molecule has 0 aromatic carbocycles. The normalized spacial score (nSPS) is 22.0. The number of carboxylic acid groups (broad SMARTS) is 1. The highest BCUT2D eigenvalue weighted by molar-refractivity contribution is 5.76. The van der Waals surface area contributed by atoms with E-state index in [2.05, 4.69) is 20.8 Å². The monoisotopic (exact) mass is 278 g/mol. The highest BCUT2D eigenvalue weighted by Gasteiger charge is 2.31. The molecule has 0 radical (unpaired) electrons. The van der Waals surface area contributed by atoms with Gasteiger partial charge in [-0.2, -0.15) is 10.2 Å². The van der Waals surface area contributed by atoms with Gasteiger partial charge in [0, 0.05) is 12.2 Å². The third-order valence-corrected chi connectivity index (χ3v) is 3.46. The van der Waals surface area contributed by atoms with Crippen LogP contribution in [0.5, 0.6) is 0 Å². The molecule has 2 atom stereocenters. The molecule has 1 aromatic heterocycles. The van der Waals surface area contributed by atoms with Crippen molar-refractivity contribution < 1.29 is 14.7 Å². The fourth-order valence-corrected chi connectivity index (χ4v) is 2.42. The average Bonchev–Trinajstić information content (AvgIpc) is 2.46. The zero-order valence-electron chi connectivity index (χ0n) is 11.1. The highest BCUT2D eigenvalue weighted by Crippen LogP contribution is 2.24. The standard InChI is InChI=1S/C13H18N4O3/c18-12(19)10-5-1-2-6-11(10)16-13(20)14-8-9-4-3-7-15-17-9/h3-4,7,10-11H,1-2,5-6,8H2,(H,18,19)(H2,14,16,20). The van der Waals surface area contributed by atoms with E-state index in [1.54, 1.807) is 18.3 Å². The number of nitrogens with zero attached hydrogens (tertiary/aromatic N) is 2. The summed E-state index contributed by atoms with van der Waals surface area (Å²) in [4.78, 5) is 22.9. The molecule has 0 spiro atoms. The van der Waals surface area contributed by atoms with Gasteiger partial charge in [0.1, 0.15) is 0 Å². The van der Waals surface area contributed by atoms with Crippen LogP contribution in [-0.4, -0.2) is 33.3 Å². The second-order valence-electron chi connectivity index (χ2n) is 4.88. The van der Waals surface area contributed by atoms with Gasteiger partial charge >= 0.3 is 12.0 Å². The molecule has 20 heavy (non-hydrogen) atoms. The number of aromatic nitrogens is 2. The summed E-state index contributed by atoms with van der Waals surface area (Å²) < 4.78 is 0. The molecule has 2 amide bonds. The number of amides is 2. The molecule has 108 valence electrons. The maximum Gasteiger partial charge on any atom is 0.315 e. The van der Waals surface area contributed by atoms with Crippen LogP contribution in [-0.2, 0) is 11.3 Å². The van der Waals surface area contributed by atoms with E-state index in [-0.39, 0.29) is 18.6 Å². The first-order valence-corrected chi connectivity index (χ1v) is 6.70. The van der Waals surface area contributed by atoms with Crippen LogP contribution < -0.4 is 10.6 Å². The number of carboxylic acids is 1. The lowest BCUT2D eigenvalue weighted by Gasteiger charge is -2.29. The van der Waals surface area contributed by atoms with E-state index in [4.69, 9.17) is 5.11 Å². The lowest BCUT2D eigenvalue weighted by molar-refractivity contribution is -0.143. The predicted molar refractivity (Wildman–Crippen MR) is 70.8 cm³/mol.